The van der Waals surface area contributed by atoms with Crippen molar-refractivity contribution in [3.8, 4) is 6.07 Å². The molecule has 1 aromatic rings. The van der Waals surface area contributed by atoms with Crippen LogP contribution in [-0.4, -0.2) is 24.5 Å². The van der Waals surface area contributed by atoms with E-state index in [4.69, 9.17) is 5.26 Å². The van der Waals surface area contributed by atoms with Crippen molar-refractivity contribution in [1.29, 1.82) is 5.26 Å². The summed E-state index contributed by atoms with van der Waals surface area (Å²) in [5, 5.41) is 11.0. The van der Waals surface area contributed by atoms with E-state index in [0.29, 0.717) is 11.5 Å². The summed E-state index contributed by atoms with van der Waals surface area (Å²) in [5.74, 6) is 0. The molecular weight excluding hydrogens is 228 g/mol. The average Bonchev–Trinajstić information content (AvgIpc) is 2.85. The smallest absolute Gasteiger partial charge is 0.0628 e. The standard InChI is InChI=1S/C14H20N2S/c1-12(10-13-4-3-9-17-13)16(2)11-14(5-6-14)7-8-15/h3-4,9,12H,5-7,10-11H2,1-2H3. The van der Waals surface area contributed by atoms with Gasteiger partial charge in [0, 0.05) is 23.9 Å². The van der Waals surface area contributed by atoms with Gasteiger partial charge in [-0.1, -0.05) is 6.07 Å². The van der Waals surface area contributed by atoms with E-state index >= 15 is 0 Å². The molecule has 1 unspecified atom stereocenters. The van der Waals surface area contributed by atoms with Gasteiger partial charge < -0.3 is 4.90 Å². The Kier molecular flexibility index (Phi) is 3.86. The Balaban J connectivity index is 1.83. The fourth-order valence-electron chi connectivity index (χ4n) is 2.30. The van der Waals surface area contributed by atoms with Crippen LogP contribution in [0.5, 0.6) is 0 Å². The van der Waals surface area contributed by atoms with E-state index in [2.05, 4.69) is 42.5 Å². The minimum absolute atomic E-state index is 0.327. The summed E-state index contributed by atoms with van der Waals surface area (Å²) in [6.45, 7) is 3.36. The molecule has 1 aliphatic rings. The van der Waals surface area contributed by atoms with E-state index in [1.54, 1.807) is 0 Å². The minimum atomic E-state index is 0.327. The minimum Gasteiger partial charge on any atom is -0.303 e. The van der Waals surface area contributed by atoms with Crippen LogP contribution in [0.3, 0.4) is 0 Å². The van der Waals surface area contributed by atoms with Crippen LogP contribution in [0.4, 0.5) is 0 Å². The third-order valence-electron chi connectivity index (χ3n) is 3.83. The van der Waals surface area contributed by atoms with Crippen LogP contribution in [0.15, 0.2) is 17.5 Å². The Morgan fingerprint density at radius 1 is 1.59 bits per heavy atom. The average molecular weight is 248 g/mol. The first-order valence-electron chi connectivity index (χ1n) is 6.25. The van der Waals surface area contributed by atoms with Gasteiger partial charge in [0.25, 0.3) is 0 Å². The van der Waals surface area contributed by atoms with Crippen LogP contribution < -0.4 is 0 Å². The number of hydrogen-bond acceptors (Lipinski definition) is 3. The van der Waals surface area contributed by atoms with Gasteiger partial charge in [-0.15, -0.1) is 11.3 Å². The van der Waals surface area contributed by atoms with Crippen molar-refractivity contribution >= 4 is 11.3 Å². The van der Waals surface area contributed by atoms with Crippen molar-refractivity contribution in [2.24, 2.45) is 5.41 Å². The molecule has 1 atom stereocenters. The fraction of sp³-hybridized carbons (Fsp3) is 0.643. The summed E-state index contributed by atoms with van der Waals surface area (Å²) in [6, 6.07) is 7.22. The maximum Gasteiger partial charge on any atom is 0.0628 e. The zero-order valence-corrected chi connectivity index (χ0v) is 11.5. The Hall–Kier alpha value is -0.850. The second kappa shape index (κ2) is 5.20. The first kappa shape index (κ1) is 12.6. The van der Waals surface area contributed by atoms with Crippen molar-refractivity contribution in [2.45, 2.75) is 38.6 Å². The van der Waals surface area contributed by atoms with Gasteiger partial charge in [0.1, 0.15) is 0 Å². The molecule has 2 rings (SSSR count). The monoisotopic (exact) mass is 248 g/mol. The second-order valence-electron chi connectivity index (χ2n) is 5.38. The van der Waals surface area contributed by atoms with E-state index in [-0.39, 0.29) is 0 Å². The van der Waals surface area contributed by atoms with Crippen LogP contribution >= 0.6 is 11.3 Å². The number of hydrogen-bond donors (Lipinski definition) is 0. The summed E-state index contributed by atoms with van der Waals surface area (Å²) in [6.07, 6.45) is 4.31. The molecule has 0 N–H and O–H groups in total. The molecule has 1 aromatic heterocycles. The Morgan fingerprint density at radius 3 is 2.88 bits per heavy atom. The number of thiophene rings is 1. The molecule has 1 heterocycles. The molecule has 0 aromatic carbocycles. The summed E-state index contributed by atoms with van der Waals surface area (Å²) >= 11 is 1.83. The number of likely N-dealkylation sites (N-methyl/N-ethyl adjacent to an activating group) is 1. The fourth-order valence-corrected chi connectivity index (χ4v) is 3.12. The molecular formula is C14H20N2S. The lowest BCUT2D eigenvalue weighted by atomic mass is 10.0. The summed E-state index contributed by atoms with van der Waals surface area (Å²) in [4.78, 5) is 3.87. The van der Waals surface area contributed by atoms with Gasteiger partial charge in [0.2, 0.25) is 0 Å². The molecule has 92 valence electrons. The van der Waals surface area contributed by atoms with Crippen LogP contribution in [0, 0.1) is 16.7 Å². The molecule has 2 nitrogen and oxygen atoms in total. The Bertz CT molecular complexity index is 387. The van der Waals surface area contributed by atoms with E-state index in [9.17, 15) is 0 Å². The molecule has 17 heavy (non-hydrogen) atoms. The molecule has 0 bridgehead atoms. The van der Waals surface area contributed by atoms with Gasteiger partial charge >= 0.3 is 0 Å². The molecule has 1 saturated carbocycles. The van der Waals surface area contributed by atoms with Gasteiger partial charge in [-0.25, -0.2) is 0 Å². The van der Waals surface area contributed by atoms with Crippen LogP contribution in [0.1, 0.15) is 31.1 Å². The van der Waals surface area contributed by atoms with Crippen LogP contribution in [-0.2, 0) is 6.42 Å². The predicted molar refractivity (Wildman–Crippen MR) is 72.0 cm³/mol. The molecule has 3 heteroatoms. The largest absolute Gasteiger partial charge is 0.303 e. The maximum absolute atomic E-state index is 8.83. The van der Waals surface area contributed by atoms with E-state index < -0.39 is 0 Å². The zero-order valence-electron chi connectivity index (χ0n) is 10.6. The highest BCUT2D eigenvalue weighted by Gasteiger charge is 2.43. The quantitative estimate of drug-likeness (QED) is 0.772. The van der Waals surface area contributed by atoms with Gasteiger partial charge in [0.05, 0.1) is 6.07 Å². The first-order valence-corrected chi connectivity index (χ1v) is 7.13. The molecule has 0 aliphatic heterocycles. The van der Waals surface area contributed by atoms with E-state index in [0.717, 1.165) is 19.4 Å². The van der Waals surface area contributed by atoms with E-state index in [1.807, 2.05) is 11.3 Å². The highest BCUT2D eigenvalue weighted by atomic mass is 32.1. The lowest BCUT2D eigenvalue weighted by Crippen LogP contribution is -2.35. The van der Waals surface area contributed by atoms with Crippen LogP contribution in [0.2, 0.25) is 0 Å². The van der Waals surface area contributed by atoms with Crippen molar-refractivity contribution in [1.82, 2.24) is 4.90 Å². The van der Waals surface area contributed by atoms with Gasteiger partial charge in [-0.05, 0) is 50.1 Å². The normalized spacial score (nSPS) is 18.9. The molecule has 0 amide bonds. The Labute approximate surface area is 108 Å². The lowest BCUT2D eigenvalue weighted by molar-refractivity contribution is 0.208. The van der Waals surface area contributed by atoms with Crippen molar-refractivity contribution in [3.05, 3.63) is 22.4 Å². The third kappa shape index (κ3) is 3.31. The highest BCUT2D eigenvalue weighted by molar-refractivity contribution is 7.09. The maximum atomic E-state index is 8.83. The number of rotatable bonds is 6. The van der Waals surface area contributed by atoms with E-state index in [1.165, 1.54) is 17.7 Å². The summed E-state index contributed by atoms with van der Waals surface area (Å²) in [7, 11) is 2.19. The summed E-state index contributed by atoms with van der Waals surface area (Å²) < 4.78 is 0. The second-order valence-corrected chi connectivity index (χ2v) is 6.41. The topological polar surface area (TPSA) is 27.0 Å². The zero-order chi connectivity index (χ0) is 12.3. The highest BCUT2D eigenvalue weighted by Crippen LogP contribution is 2.49. The molecule has 0 spiro atoms. The van der Waals surface area contributed by atoms with Crippen molar-refractivity contribution in [2.75, 3.05) is 13.6 Å². The third-order valence-corrected chi connectivity index (χ3v) is 4.72. The van der Waals surface area contributed by atoms with Crippen molar-refractivity contribution in [3.63, 3.8) is 0 Å². The lowest BCUT2D eigenvalue weighted by Gasteiger charge is -2.28. The van der Waals surface area contributed by atoms with Crippen LogP contribution in [0.25, 0.3) is 0 Å². The number of nitrogens with zero attached hydrogens (tertiary/aromatic N) is 2. The molecule has 1 aliphatic carbocycles. The Morgan fingerprint density at radius 2 is 2.35 bits per heavy atom. The molecule has 0 saturated heterocycles. The predicted octanol–water partition coefficient (Wildman–Crippen LogP) is 3.30. The SMILES string of the molecule is CC(Cc1cccs1)N(C)CC1(CC#N)CC1. The van der Waals surface area contributed by atoms with Gasteiger partial charge in [0.15, 0.2) is 0 Å². The van der Waals surface area contributed by atoms with Gasteiger partial charge in [-0.3, -0.25) is 0 Å². The number of nitriles is 1. The van der Waals surface area contributed by atoms with Gasteiger partial charge in [-0.2, -0.15) is 5.26 Å². The summed E-state index contributed by atoms with van der Waals surface area (Å²) in [5.41, 5.74) is 0.327. The molecule has 0 radical (unpaired) electrons. The first-order chi connectivity index (χ1) is 8.15. The van der Waals surface area contributed by atoms with Crippen molar-refractivity contribution < 1.29 is 0 Å². The molecule has 1 fully saturated rings.